The number of H-pyrrole nitrogens is 1. The first-order valence-electron chi connectivity index (χ1n) is 4.73. The van der Waals surface area contributed by atoms with Crippen LogP contribution in [0.2, 0.25) is 0 Å². The Kier molecular flexibility index (Phi) is 2.31. The molecule has 14 heavy (non-hydrogen) atoms. The Bertz CT molecular complexity index is 404. The Morgan fingerprint density at radius 2 is 2.07 bits per heavy atom. The van der Waals surface area contributed by atoms with Crippen molar-refractivity contribution < 1.29 is 0 Å². The molecule has 2 aromatic heterocycles. The topological polar surface area (TPSA) is 41.6 Å². The van der Waals surface area contributed by atoms with Gasteiger partial charge in [0.05, 0.1) is 5.69 Å². The molecular weight excluding hydrogens is 174 g/mol. The number of hydrogen-bond acceptors (Lipinski definition) is 2. The molecule has 0 aromatic carbocycles. The van der Waals surface area contributed by atoms with Crippen LogP contribution in [0.4, 0.5) is 0 Å². The van der Waals surface area contributed by atoms with Crippen LogP contribution in [-0.4, -0.2) is 15.2 Å². The minimum atomic E-state index is 0.456. The molecule has 0 bridgehead atoms. The highest BCUT2D eigenvalue weighted by molar-refractivity contribution is 5.58. The van der Waals surface area contributed by atoms with Gasteiger partial charge < -0.3 is 0 Å². The monoisotopic (exact) mass is 187 g/mol. The zero-order valence-electron chi connectivity index (χ0n) is 8.36. The molecule has 0 amide bonds. The SMILES string of the molecule is CC(C)c1cc(-c2ccn[nH]2)ccn1. The molecule has 72 valence electrons. The predicted octanol–water partition coefficient (Wildman–Crippen LogP) is 2.60. The van der Waals surface area contributed by atoms with Gasteiger partial charge in [-0.2, -0.15) is 5.10 Å². The second-order valence-corrected chi connectivity index (χ2v) is 3.59. The summed E-state index contributed by atoms with van der Waals surface area (Å²) in [6.45, 7) is 4.28. The summed E-state index contributed by atoms with van der Waals surface area (Å²) in [6.07, 6.45) is 3.59. The van der Waals surface area contributed by atoms with E-state index in [1.165, 1.54) is 0 Å². The third kappa shape index (κ3) is 1.66. The molecule has 0 saturated heterocycles. The first-order chi connectivity index (χ1) is 6.77. The van der Waals surface area contributed by atoms with Gasteiger partial charge in [0, 0.05) is 23.7 Å². The average molecular weight is 187 g/mol. The molecule has 0 aliphatic heterocycles. The lowest BCUT2D eigenvalue weighted by molar-refractivity contribution is 0.823. The smallest absolute Gasteiger partial charge is 0.0651 e. The third-order valence-electron chi connectivity index (χ3n) is 2.18. The molecular formula is C11H13N3. The standard InChI is InChI=1S/C11H13N3/c1-8(2)11-7-9(3-5-12-11)10-4-6-13-14-10/h3-8H,1-2H3,(H,13,14). The van der Waals surface area contributed by atoms with E-state index < -0.39 is 0 Å². The van der Waals surface area contributed by atoms with Crippen LogP contribution < -0.4 is 0 Å². The molecule has 3 nitrogen and oxygen atoms in total. The molecule has 1 N–H and O–H groups in total. The maximum absolute atomic E-state index is 4.31. The fourth-order valence-electron chi connectivity index (χ4n) is 1.35. The lowest BCUT2D eigenvalue weighted by atomic mass is 10.1. The van der Waals surface area contributed by atoms with Gasteiger partial charge in [0.1, 0.15) is 0 Å². The van der Waals surface area contributed by atoms with Crippen LogP contribution >= 0.6 is 0 Å². The van der Waals surface area contributed by atoms with Gasteiger partial charge >= 0.3 is 0 Å². The first kappa shape index (κ1) is 8.94. The zero-order chi connectivity index (χ0) is 9.97. The molecule has 3 heteroatoms. The number of nitrogens with zero attached hydrogens (tertiary/aromatic N) is 2. The van der Waals surface area contributed by atoms with Gasteiger partial charge in [-0.05, 0) is 24.1 Å². The number of aromatic amines is 1. The molecule has 0 spiro atoms. The van der Waals surface area contributed by atoms with Crippen molar-refractivity contribution in [2.24, 2.45) is 0 Å². The summed E-state index contributed by atoms with van der Waals surface area (Å²) in [5.41, 5.74) is 3.28. The second kappa shape index (κ2) is 3.62. The van der Waals surface area contributed by atoms with Gasteiger partial charge in [-0.25, -0.2) is 0 Å². The van der Waals surface area contributed by atoms with Gasteiger partial charge in [-0.3, -0.25) is 10.1 Å². The Morgan fingerprint density at radius 1 is 1.21 bits per heavy atom. The van der Waals surface area contributed by atoms with Crippen molar-refractivity contribution in [3.8, 4) is 11.3 Å². The zero-order valence-corrected chi connectivity index (χ0v) is 8.36. The van der Waals surface area contributed by atoms with E-state index in [1.54, 1.807) is 6.20 Å². The van der Waals surface area contributed by atoms with Crippen molar-refractivity contribution in [3.63, 3.8) is 0 Å². The minimum Gasteiger partial charge on any atom is -0.278 e. The normalized spacial score (nSPS) is 10.8. The fourth-order valence-corrected chi connectivity index (χ4v) is 1.35. The maximum Gasteiger partial charge on any atom is 0.0651 e. The van der Waals surface area contributed by atoms with E-state index in [9.17, 15) is 0 Å². The number of aromatic nitrogens is 3. The van der Waals surface area contributed by atoms with Gasteiger partial charge in [-0.15, -0.1) is 0 Å². The van der Waals surface area contributed by atoms with Crippen LogP contribution in [0.5, 0.6) is 0 Å². The Hall–Kier alpha value is -1.64. The maximum atomic E-state index is 4.31. The summed E-state index contributed by atoms with van der Waals surface area (Å²) >= 11 is 0. The number of hydrogen-bond donors (Lipinski definition) is 1. The molecule has 0 saturated carbocycles. The summed E-state index contributed by atoms with van der Waals surface area (Å²) in [5.74, 6) is 0.456. The van der Waals surface area contributed by atoms with Gasteiger partial charge in [0.2, 0.25) is 0 Å². The lowest BCUT2D eigenvalue weighted by Gasteiger charge is -2.05. The summed E-state index contributed by atoms with van der Waals surface area (Å²) in [4.78, 5) is 4.31. The van der Waals surface area contributed by atoms with Crippen LogP contribution in [0.3, 0.4) is 0 Å². The van der Waals surface area contributed by atoms with Crippen molar-refractivity contribution in [1.82, 2.24) is 15.2 Å². The van der Waals surface area contributed by atoms with Crippen molar-refractivity contribution in [3.05, 3.63) is 36.3 Å². The Labute approximate surface area is 83.2 Å². The van der Waals surface area contributed by atoms with Crippen LogP contribution in [0.15, 0.2) is 30.6 Å². The number of nitrogens with one attached hydrogen (secondary N) is 1. The number of rotatable bonds is 2. The molecule has 0 aliphatic rings. The third-order valence-corrected chi connectivity index (χ3v) is 2.18. The highest BCUT2D eigenvalue weighted by Gasteiger charge is 2.03. The van der Waals surface area contributed by atoms with Crippen molar-refractivity contribution in [1.29, 1.82) is 0 Å². The summed E-state index contributed by atoms with van der Waals surface area (Å²) in [5, 5.41) is 6.87. The van der Waals surface area contributed by atoms with Crippen LogP contribution in [-0.2, 0) is 0 Å². The number of pyridine rings is 1. The molecule has 2 heterocycles. The van der Waals surface area contributed by atoms with E-state index in [0.29, 0.717) is 5.92 Å². The second-order valence-electron chi connectivity index (χ2n) is 3.59. The van der Waals surface area contributed by atoms with E-state index >= 15 is 0 Å². The lowest BCUT2D eigenvalue weighted by Crippen LogP contribution is -1.92. The van der Waals surface area contributed by atoms with E-state index in [-0.39, 0.29) is 0 Å². The molecule has 0 fully saturated rings. The molecule has 2 rings (SSSR count). The van der Waals surface area contributed by atoms with Crippen LogP contribution in [0.1, 0.15) is 25.5 Å². The average Bonchev–Trinajstić information content (AvgIpc) is 2.71. The van der Waals surface area contributed by atoms with Crippen LogP contribution in [0, 0.1) is 0 Å². The van der Waals surface area contributed by atoms with Gasteiger partial charge in [-0.1, -0.05) is 13.8 Å². The van der Waals surface area contributed by atoms with Crippen molar-refractivity contribution in [2.45, 2.75) is 19.8 Å². The molecule has 0 atom stereocenters. The summed E-state index contributed by atoms with van der Waals surface area (Å²) in [7, 11) is 0. The Balaban J connectivity index is 2.41. The molecule has 2 aromatic rings. The quantitative estimate of drug-likeness (QED) is 0.785. The molecule has 0 aliphatic carbocycles. The van der Waals surface area contributed by atoms with Crippen molar-refractivity contribution >= 4 is 0 Å². The highest BCUT2D eigenvalue weighted by Crippen LogP contribution is 2.19. The summed E-state index contributed by atoms with van der Waals surface area (Å²) < 4.78 is 0. The fraction of sp³-hybridized carbons (Fsp3) is 0.273. The van der Waals surface area contributed by atoms with E-state index in [4.69, 9.17) is 0 Å². The van der Waals surface area contributed by atoms with Gasteiger partial charge in [0.25, 0.3) is 0 Å². The molecule has 0 radical (unpaired) electrons. The molecule has 0 unspecified atom stereocenters. The largest absolute Gasteiger partial charge is 0.278 e. The minimum absolute atomic E-state index is 0.456. The van der Waals surface area contributed by atoms with Crippen LogP contribution in [0.25, 0.3) is 11.3 Å². The van der Waals surface area contributed by atoms with E-state index in [0.717, 1.165) is 17.0 Å². The Morgan fingerprint density at radius 3 is 2.71 bits per heavy atom. The highest BCUT2D eigenvalue weighted by atomic mass is 15.1. The van der Waals surface area contributed by atoms with E-state index in [2.05, 4.69) is 35.1 Å². The van der Waals surface area contributed by atoms with Gasteiger partial charge in [0.15, 0.2) is 0 Å². The predicted molar refractivity (Wildman–Crippen MR) is 55.9 cm³/mol. The van der Waals surface area contributed by atoms with E-state index in [1.807, 2.05) is 18.3 Å². The first-order valence-corrected chi connectivity index (χ1v) is 4.73. The summed E-state index contributed by atoms with van der Waals surface area (Å²) in [6, 6.07) is 6.04. The van der Waals surface area contributed by atoms with Crippen molar-refractivity contribution in [2.75, 3.05) is 0 Å².